The molecule has 2 aromatic rings. The van der Waals surface area contributed by atoms with Crippen LogP contribution in [0.3, 0.4) is 0 Å². The third kappa shape index (κ3) is 8.58. The monoisotopic (exact) mass is 615 g/mol. The minimum atomic E-state index is -4.48. The molecule has 14 heteroatoms. The molecular weight excluding hydrogens is 579 g/mol. The molecule has 0 aliphatic carbocycles. The fourth-order valence-corrected chi connectivity index (χ4v) is 5.67. The lowest BCUT2D eigenvalue weighted by Crippen LogP contribution is -2.48. The van der Waals surface area contributed by atoms with Gasteiger partial charge in [-0.25, -0.2) is 8.42 Å². The standard InChI is InChI=1S/C28H36F3N3O7S/c1-18-15-34(19(2)17-35)27(37)14-20-13-21(32-26(36)11-12-28(29,30)31)5-10-24(20)41-25(18)16-33(3)42(38,39)23-8-6-22(40-4)7-9-23/h5-10,13,18-19,25,35H,11-12,14-17H2,1-4H3,(H,32,36)/t18-,19+,25-/m1/s1. The van der Waals surface area contributed by atoms with E-state index in [-0.39, 0.29) is 54.3 Å². The average molecular weight is 616 g/mol. The molecule has 1 aliphatic rings. The van der Waals surface area contributed by atoms with Gasteiger partial charge in [0.2, 0.25) is 21.8 Å². The molecular formula is C28H36F3N3O7S. The Balaban J connectivity index is 1.91. The van der Waals surface area contributed by atoms with Gasteiger partial charge < -0.3 is 24.8 Å². The third-order valence-electron chi connectivity index (χ3n) is 7.04. The number of ether oxygens (including phenoxy) is 2. The van der Waals surface area contributed by atoms with Crippen molar-refractivity contribution in [2.75, 3.05) is 39.2 Å². The number of rotatable bonds is 10. The highest BCUT2D eigenvalue weighted by Crippen LogP contribution is 2.30. The highest BCUT2D eigenvalue weighted by molar-refractivity contribution is 7.89. The molecule has 232 valence electrons. The van der Waals surface area contributed by atoms with Gasteiger partial charge in [-0.2, -0.15) is 17.5 Å². The number of amides is 2. The first-order valence-corrected chi connectivity index (χ1v) is 14.8. The third-order valence-corrected chi connectivity index (χ3v) is 8.88. The maximum Gasteiger partial charge on any atom is 0.389 e. The van der Waals surface area contributed by atoms with Gasteiger partial charge in [-0.05, 0) is 49.4 Å². The molecule has 0 aromatic heterocycles. The highest BCUT2D eigenvalue weighted by Gasteiger charge is 2.34. The van der Waals surface area contributed by atoms with Crippen LogP contribution in [0.25, 0.3) is 0 Å². The molecule has 0 fully saturated rings. The lowest BCUT2D eigenvalue weighted by atomic mass is 10.0. The molecule has 1 heterocycles. The van der Waals surface area contributed by atoms with Crippen molar-refractivity contribution >= 4 is 27.5 Å². The van der Waals surface area contributed by atoms with E-state index in [0.29, 0.717) is 11.3 Å². The Morgan fingerprint density at radius 3 is 2.50 bits per heavy atom. The molecule has 0 spiro atoms. The number of benzene rings is 2. The Hall–Kier alpha value is -3.36. The minimum absolute atomic E-state index is 0.0542. The number of fused-ring (bicyclic) bond motifs is 1. The number of carbonyl (C=O) groups is 2. The van der Waals surface area contributed by atoms with Crippen molar-refractivity contribution in [2.45, 2.75) is 56.3 Å². The summed E-state index contributed by atoms with van der Waals surface area (Å²) in [4.78, 5) is 27.0. The number of sulfonamides is 1. The van der Waals surface area contributed by atoms with Crippen LogP contribution in [0.5, 0.6) is 11.5 Å². The average Bonchev–Trinajstić information content (AvgIpc) is 2.98. The van der Waals surface area contributed by atoms with Gasteiger partial charge in [0.25, 0.3) is 0 Å². The highest BCUT2D eigenvalue weighted by atomic mass is 32.2. The fraction of sp³-hybridized carbons (Fsp3) is 0.500. The molecule has 0 saturated heterocycles. The largest absolute Gasteiger partial charge is 0.497 e. The van der Waals surface area contributed by atoms with E-state index in [4.69, 9.17) is 9.47 Å². The van der Waals surface area contributed by atoms with Gasteiger partial charge in [-0.1, -0.05) is 6.92 Å². The van der Waals surface area contributed by atoms with E-state index < -0.39 is 47.1 Å². The number of halogens is 3. The van der Waals surface area contributed by atoms with Crippen LogP contribution in [0.4, 0.5) is 18.9 Å². The number of carbonyl (C=O) groups excluding carboxylic acids is 2. The summed E-state index contributed by atoms with van der Waals surface area (Å²) in [5, 5.41) is 12.2. The minimum Gasteiger partial charge on any atom is -0.497 e. The fourth-order valence-electron chi connectivity index (χ4n) is 4.48. The second kappa shape index (κ2) is 13.7. The first kappa shape index (κ1) is 33.1. The van der Waals surface area contributed by atoms with E-state index in [2.05, 4.69) is 5.32 Å². The van der Waals surface area contributed by atoms with Crippen LogP contribution in [-0.4, -0.2) is 86.7 Å². The first-order chi connectivity index (χ1) is 19.6. The van der Waals surface area contributed by atoms with Crippen molar-refractivity contribution < 1.29 is 45.8 Å². The van der Waals surface area contributed by atoms with Crippen LogP contribution in [-0.2, 0) is 26.0 Å². The number of aliphatic hydroxyl groups is 1. The van der Waals surface area contributed by atoms with Gasteiger partial charge in [0.1, 0.15) is 17.6 Å². The Labute approximate surface area is 243 Å². The maximum absolute atomic E-state index is 13.3. The molecule has 42 heavy (non-hydrogen) atoms. The zero-order valence-corrected chi connectivity index (χ0v) is 24.7. The maximum atomic E-state index is 13.3. The second-order valence-corrected chi connectivity index (χ2v) is 12.4. The van der Waals surface area contributed by atoms with Gasteiger partial charge in [0, 0.05) is 37.2 Å². The van der Waals surface area contributed by atoms with Gasteiger partial charge in [-0.15, -0.1) is 0 Å². The van der Waals surface area contributed by atoms with E-state index in [9.17, 15) is 36.3 Å². The number of nitrogens with one attached hydrogen (secondary N) is 1. The van der Waals surface area contributed by atoms with Crippen LogP contribution in [0.15, 0.2) is 47.4 Å². The van der Waals surface area contributed by atoms with Crippen molar-refractivity contribution in [3.05, 3.63) is 48.0 Å². The molecule has 3 atom stereocenters. The number of hydrogen-bond donors (Lipinski definition) is 2. The van der Waals surface area contributed by atoms with Gasteiger partial charge in [0.05, 0.1) is 44.0 Å². The number of nitrogens with zero attached hydrogens (tertiary/aromatic N) is 2. The summed E-state index contributed by atoms with van der Waals surface area (Å²) < 4.78 is 76.8. The number of alkyl halides is 3. The van der Waals surface area contributed by atoms with Crippen molar-refractivity contribution in [3.63, 3.8) is 0 Å². The smallest absolute Gasteiger partial charge is 0.389 e. The summed E-state index contributed by atoms with van der Waals surface area (Å²) in [6.45, 7) is 3.26. The van der Waals surface area contributed by atoms with E-state index >= 15 is 0 Å². The van der Waals surface area contributed by atoms with E-state index in [1.165, 1.54) is 61.5 Å². The van der Waals surface area contributed by atoms with E-state index in [0.717, 1.165) is 4.31 Å². The number of aliphatic hydroxyl groups excluding tert-OH is 1. The van der Waals surface area contributed by atoms with Crippen LogP contribution < -0.4 is 14.8 Å². The molecule has 10 nitrogen and oxygen atoms in total. The van der Waals surface area contributed by atoms with Crippen molar-refractivity contribution in [1.82, 2.24) is 9.21 Å². The summed E-state index contributed by atoms with van der Waals surface area (Å²) >= 11 is 0. The molecule has 3 rings (SSSR count). The Bertz CT molecular complexity index is 1350. The summed E-state index contributed by atoms with van der Waals surface area (Å²) in [5.74, 6) is -0.796. The summed E-state index contributed by atoms with van der Waals surface area (Å²) in [6.07, 6.45) is -7.42. The molecule has 2 amide bonds. The first-order valence-electron chi connectivity index (χ1n) is 13.3. The predicted octanol–water partition coefficient (Wildman–Crippen LogP) is 3.45. The van der Waals surface area contributed by atoms with Crippen LogP contribution in [0.2, 0.25) is 0 Å². The summed E-state index contributed by atoms with van der Waals surface area (Å²) in [7, 11) is -1.04. The van der Waals surface area contributed by atoms with Crippen molar-refractivity contribution in [1.29, 1.82) is 0 Å². The molecule has 0 saturated carbocycles. The van der Waals surface area contributed by atoms with Gasteiger partial charge in [-0.3, -0.25) is 9.59 Å². The van der Waals surface area contributed by atoms with Crippen molar-refractivity contribution in [3.8, 4) is 11.5 Å². The predicted molar refractivity (Wildman–Crippen MR) is 149 cm³/mol. The van der Waals surface area contributed by atoms with Crippen molar-refractivity contribution in [2.24, 2.45) is 5.92 Å². The number of methoxy groups -OCH3 is 1. The molecule has 1 aliphatic heterocycles. The lowest BCUT2D eigenvalue weighted by molar-refractivity contribution is -0.142. The van der Waals surface area contributed by atoms with Crippen LogP contribution >= 0.6 is 0 Å². The van der Waals surface area contributed by atoms with Crippen LogP contribution in [0, 0.1) is 5.92 Å². The molecule has 0 bridgehead atoms. The normalized spacial score (nSPS) is 18.8. The zero-order valence-electron chi connectivity index (χ0n) is 23.8. The Morgan fingerprint density at radius 1 is 1.24 bits per heavy atom. The molecule has 0 unspecified atom stereocenters. The Kier molecular flexibility index (Phi) is 10.8. The van der Waals surface area contributed by atoms with Gasteiger partial charge in [0.15, 0.2) is 0 Å². The second-order valence-electron chi connectivity index (χ2n) is 10.3. The van der Waals surface area contributed by atoms with E-state index in [1.54, 1.807) is 6.92 Å². The molecule has 2 N–H and O–H groups in total. The van der Waals surface area contributed by atoms with Gasteiger partial charge >= 0.3 is 6.18 Å². The Morgan fingerprint density at radius 2 is 1.90 bits per heavy atom. The lowest BCUT2D eigenvalue weighted by Gasteiger charge is -2.33. The number of hydrogen-bond acceptors (Lipinski definition) is 7. The summed E-state index contributed by atoms with van der Waals surface area (Å²) in [5.41, 5.74) is 0.533. The number of likely N-dealkylation sites (N-methyl/N-ethyl adjacent to an activating group) is 1. The topological polar surface area (TPSA) is 125 Å². The zero-order chi connectivity index (χ0) is 31.2. The molecule has 0 radical (unpaired) electrons. The van der Waals surface area contributed by atoms with E-state index in [1.807, 2.05) is 6.92 Å². The van der Waals surface area contributed by atoms with Crippen LogP contribution in [0.1, 0.15) is 32.3 Å². The quantitative estimate of drug-likeness (QED) is 0.420. The summed E-state index contributed by atoms with van der Waals surface area (Å²) in [6, 6.07) is 9.78. The molecule has 2 aromatic carbocycles. The number of anilines is 1. The SMILES string of the molecule is COc1ccc(S(=O)(=O)N(C)C[C@H]2Oc3ccc(NC(=O)CCC(F)(F)F)cc3CC(=O)N([C@@H](C)CO)C[C@H]2C)cc1.